The van der Waals surface area contributed by atoms with Crippen LogP contribution in [0.5, 0.6) is 11.5 Å². The van der Waals surface area contributed by atoms with E-state index in [-0.39, 0.29) is 24.2 Å². The first-order valence-electron chi connectivity index (χ1n) is 11.5. The van der Waals surface area contributed by atoms with Crippen molar-refractivity contribution >= 4 is 5.78 Å². The van der Waals surface area contributed by atoms with Gasteiger partial charge in [-0.15, -0.1) is 0 Å². The van der Waals surface area contributed by atoms with Crippen LogP contribution in [0.15, 0.2) is 51.7 Å². The Bertz CT molecular complexity index is 1270. The van der Waals surface area contributed by atoms with Gasteiger partial charge in [0.1, 0.15) is 28.5 Å². The summed E-state index contributed by atoms with van der Waals surface area (Å²) >= 11 is 0. The van der Waals surface area contributed by atoms with Gasteiger partial charge in [-0.2, -0.15) is 0 Å². The molecular weight excluding hydrogens is 436 g/mol. The number of rotatable bonds is 2. The minimum atomic E-state index is -1.66. The predicted octanol–water partition coefficient (Wildman–Crippen LogP) is 3.44. The van der Waals surface area contributed by atoms with Gasteiger partial charge in [0.15, 0.2) is 5.78 Å². The van der Waals surface area contributed by atoms with Crippen LogP contribution in [0.2, 0.25) is 0 Å². The van der Waals surface area contributed by atoms with E-state index in [0.29, 0.717) is 29.2 Å². The van der Waals surface area contributed by atoms with E-state index in [1.165, 1.54) is 6.08 Å². The fourth-order valence-corrected chi connectivity index (χ4v) is 6.32. The van der Waals surface area contributed by atoms with Crippen molar-refractivity contribution in [3.05, 3.63) is 58.5 Å². The first-order chi connectivity index (χ1) is 15.8. The van der Waals surface area contributed by atoms with Crippen molar-refractivity contribution in [1.82, 2.24) is 0 Å². The second-order valence-corrected chi connectivity index (χ2v) is 10.7. The Morgan fingerprint density at radius 2 is 1.65 bits per heavy atom. The van der Waals surface area contributed by atoms with E-state index >= 15 is 0 Å². The average molecular weight is 467 g/mol. The van der Waals surface area contributed by atoms with E-state index < -0.39 is 33.3 Å². The average Bonchev–Trinajstić information content (AvgIpc) is 2.80. The Morgan fingerprint density at radius 1 is 0.971 bits per heavy atom. The summed E-state index contributed by atoms with van der Waals surface area (Å²) in [4.78, 5) is 25.8. The first-order valence-corrected chi connectivity index (χ1v) is 11.5. The molecule has 180 valence electrons. The van der Waals surface area contributed by atoms with Crippen LogP contribution in [0, 0.1) is 10.8 Å². The van der Waals surface area contributed by atoms with E-state index in [1.54, 1.807) is 71.2 Å². The molecule has 0 spiro atoms. The third-order valence-corrected chi connectivity index (χ3v) is 8.93. The van der Waals surface area contributed by atoms with Gasteiger partial charge in [0.2, 0.25) is 0 Å². The third-order valence-electron chi connectivity index (χ3n) is 8.93. The molecule has 7 heteroatoms. The summed E-state index contributed by atoms with van der Waals surface area (Å²) in [5.74, 6) is 1.20. The highest BCUT2D eigenvalue weighted by molar-refractivity contribution is 5.97. The molecule has 1 aromatic heterocycles. The molecule has 0 saturated heterocycles. The van der Waals surface area contributed by atoms with E-state index in [2.05, 4.69) is 0 Å². The fourth-order valence-electron chi connectivity index (χ4n) is 6.32. The lowest BCUT2D eigenvalue weighted by Gasteiger charge is -2.68. The zero-order valence-electron chi connectivity index (χ0n) is 20.1. The summed E-state index contributed by atoms with van der Waals surface area (Å²) in [6, 6.07) is 8.81. The molecule has 34 heavy (non-hydrogen) atoms. The number of aliphatic hydroxyl groups is 2. The van der Waals surface area contributed by atoms with Crippen LogP contribution in [-0.2, 0) is 11.2 Å². The summed E-state index contributed by atoms with van der Waals surface area (Å²) in [7, 11) is 1.58. The van der Waals surface area contributed by atoms with Crippen LogP contribution in [0.25, 0.3) is 11.3 Å². The maximum absolute atomic E-state index is 13.1. The number of ketones is 1. The van der Waals surface area contributed by atoms with Gasteiger partial charge in [-0.05, 0) is 64.0 Å². The maximum atomic E-state index is 13.1. The van der Waals surface area contributed by atoms with Gasteiger partial charge >= 0.3 is 5.63 Å². The Balaban J connectivity index is 1.64. The van der Waals surface area contributed by atoms with E-state index in [1.807, 2.05) is 0 Å². The number of allylic oxidation sites excluding steroid dienone is 1. The Hall–Kier alpha value is -2.90. The quantitative estimate of drug-likeness (QED) is 0.698. The van der Waals surface area contributed by atoms with Gasteiger partial charge < -0.3 is 24.1 Å². The van der Waals surface area contributed by atoms with Crippen LogP contribution in [0.1, 0.15) is 46.1 Å². The SMILES string of the molecule is COc1ccc(-c2cc3c(c(=O)o2)C[C@]2(O)[C@@]4(C)C=CC(=O)C(C)(C)[C@]4(O)CC[C@@]2(C)O3)cc1. The maximum Gasteiger partial charge on any atom is 0.343 e. The number of carbonyl (C=O) groups is 1. The van der Waals surface area contributed by atoms with Gasteiger partial charge in [0, 0.05) is 23.5 Å². The second-order valence-electron chi connectivity index (χ2n) is 10.7. The van der Waals surface area contributed by atoms with E-state index in [9.17, 15) is 19.8 Å². The van der Waals surface area contributed by atoms with E-state index in [0.717, 1.165) is 0 Å². The van der Waals surface area contributed by atoms with Crippen molar-refractivity contribution in [3.63, 3.8) is 0 Å². The van der Waals surface area contributed by atoms with Crippen LogP contribution in [0.4, 0.5) is 0 Å². The highest BCUT2D eigenvalue weighted by atomic mass is 16.5. The fraction of sp³-hybridized carbons (Fsp3) is 0.481. The van der Waals surface area contributed by atoms with Crippen molar-refractivity contribution in [2.24, 2.45) is 10.8 Å². The van der Waals surface area contributed by atoms with Crippen molar-refractivity contribution < 1.29 is 28.9 Å². The zero-order valence-corrected chi connectivity index (χ0v) is 20.1. The minimum absolute atomic E-state index is 0.0719. The Kier molecular flexibility index (Phi) is 4.59. The molecule has 4 atom stereocenters. The normalized spacial score (nSPS) is 35.6. The molecule has 1 saturated carbocycles. The molecule has 2 N–H and O–H groups in total. The molecule has 7 nitrogen and oxygen atoms in total. The molecule has 1 aromatic carbocycles. The van der Waals surface area contributed by atoms with Crippen molar-refractivity contribution in [3.8, 4) is 22.8 Å². The van der Waals surface area contributed by atoms with Gasteiger partial charge in [0.25, 0.3) is 0 Å². The molecule has 2 aromatic rings. The van der Waals surface area contributed by atoms with Gasteiger partial charge in [-0.3, -0.25) is 4.79 Å². The molecule has 1 fully saturated rings. The largest absolute Gasteiger partial charge is 0.497 e. The van der Waals surface area contributed by atoms with Crippen LogP contribution in [0.3, 0.4) is 0 Å². The molecule has 1 aliphatic heterocycles. The smallest absolute Gasteiger partial charge is 0.343 e. The van der Waals surface area contributed by atoms with Gasteiger partial charge in [-0.1, -0.05) is 13.0 Å². The topological polar surface area (TPSA) is 106 Å². The number of carbonyl (C=O) groups excluding carboxylic acids is 1. The molecule has 0 radical (unpaired) electrons. The van der Waals surface area contributed by atoms with Crippen molar-refractivity contribution in [1.29, 1.82) is 0 Å². The number of methoxy groups -OCH3 is 1. The molecule has 0 amide bonds. The summed E-state index contributed by atoms with van der Waals surface area (Å²) in [5.41, 5.74) is -6.35. The molecule has 0 unspecified atom stereocenters. The van der Waals surface area contributed by atoms with Crippen molar-refractivity contribution in [2.45, 2.75) is 63.8 Å². The lowest BCUT2D eigenvalue weighted by molar-refractivity contribution is -0.295. The number of ether oxygens (including phenoxy) is 2. The summed E-state index contributed by atoms with van der Waals surface area (Å²) in [6.07, 6.45) is 3.52. The predicted molar refractivity (Wildman–Crippen MR) is 125 cm³/mol. The van der Waals surface area contributed by atoms with Crippen molar-refractivity contribution in [2.75, 3.05) is 7.11 Å². The molecule has 5 rings (SSSR count). The highest BCUT2D eigenvalue weighted by Gasteiger charge is 2.75. The molecule has 3 aliphatic rings. The van der Waals surface area contributed by atoms with Crippen LogP contribution < -0.4 is 15.1 Å². The molecule has 0 bridgehead atoms. The Labute approximate surface area is 198 Å². The van der Waals surface area contributed by atoms with Crippen LogP contribution >= 0.6 is 0 Å². The highest BCUT2D eigenvalue weighted by Crippen LogP contribution is 2.65. The Morgan fingerprint density at radius 3 is 2.29 bits per heavy atom. The van der Waals surface area contributed by atoms with Crippen LogP contribution in [-0.4, -0.2) is 39.9 Å². The van der Waals surface area contributed by atoms with Gasteiger partial charge in [-0.25, -0.2) is 4.79 Å². The minimum Gasteiger partial charge on any atom is -0.497 e. The number of benzene rings is 1. The number of hydrogen-bond acceptors (Lipinski definition) is 7. The zero-order chi connectivity index (χ0) is 24.7. The first kappa shape index (κ1) is 22.9. The van der Waals surface area contributed by atoms with Gasteiger partial charge in [0.05, 0.1) is 23.7 Å². The third kappa shape index (κ3) is 2.59. The molecular formula is C27H30O7. The summed E-state index contributed by atoms with van der Waals surface area (Å²) in [5, 5.41) is 24.2. The molecule has 2 heterocycles. The summed E-state index contributed by atoms with van der Waals surface area (Å²) in [6.45, 7) is 6.96. The monoisotopic (exact) mass is 466 g/mol. The molecule has 2 aliphatic carbocycles. The lowest BCUT2D eigenvalue weighted by atomic mass is 9.42. The standard InChI is InChI=1S/C27H30O7/c1-23(2)21(28)10-11-24(3)26(23,30)13-12-25(4)27(24,31)15-18-20(34-25)14-19(33-22(18)29)16-6-8-17(32-5)9-7-16/h6-11,14,30-31H,12-13,15H2,1-5H3/t24-,25+,26+,27-/m0/s1. The van der Waals surface area contributed by atoms with E-state index in [4.69, 9.17) is 13.9 Å². The number of fused-ring (bicyclic) bond motifs is 4. The summed E-state index contributed by atoms with van der Waals surface area (Å²) < 4.78 is 17.2. The number of hydrogen-bond donors (Lipinski definition) is 2. The lowest BCUT2D eigenvalue weighted by Crippen LogP contribution is -2.80. The second kappa shape index (κ2) is 6.83.